The lowest BCUT2D eigenvalue weighted by molar-refractivity contribution is 1.09. The van der Waals surface area contributed by atoms with Gasteiger partial charge in [-0.1, -0.05) is 6.92 Å². The smallest absolute Gasteiger partial charge is 0.0612 e. The van der Waals surface area contributed by atoms with E-state index in [2.05, 4.69) is 25.7 Å². The summed E-state index contributed by atoms with van der Waals surface area (Å²) >= 11 is 5.83. The van der Waals surface area contributed by atoms with Crippen molar-refractivity contribution in [2.24, 2.45) is 0 Å². The first-order valence-electron chi connectivity index (χ1n) is 2.84. The van der Waals surface area contributed by atoms with Crippen molar-refractivity contribution in [1.82, 2.24) is 0 Å². The Bertz CT molecular complexity index is 61.3. The van der Waals surface area contributed by atoms with Gasteiger partial charge in [-0.25, -0.2) is 0 Å². The zero-order valence-corrected chi connectivity index (χ0v) is 8.83. The van der Waals surface area contributed by atoms with Crippen molar-refractivity contribution in [2.75, 3.05) is 18.8 Å². The van der Waals surface area contributed by atoms with E-state index >= 15 is 0 Å². The number of thioether (sulfide) groups is 3. The van der Waals surface area contributed by atoms with E-state index in [1.165, 1.54) is 0 Å². The summed E-state index contributed by atoms with van der Waals surface area (Å²) in [6.45, 7) is 2.28. The van der Waals surface area contributed by atoms with Gasteiger partial charge in [0.05, 0.1) is 4.58 Å². The van der Waals surface area contributed by atoms with Gasteiger partial charge in [-0.2, -0.15) is 11.8 Å². The highest BCUT2D eigenvalue weighted by Crippen LogP contribution is 2.28. The maximum atomic E-state index is 2.28. The fourth-order valence-corrected chi connectivity index (χ4v) is 3.68. The summed E-state index contributed by atoms with van der Waals surface area (Å²) < 4.78 is 0.764. The predicted octanol–water partition coefficient (Wildman–Crippen LogP) is 2.79. The third-order valence-electron chi connectivity index (χ3n) is 1.22. The van der Waals surface area contributed by atoms with Gasteiger partial charge < -0.3 is 0 Å². The molecule has 1 atom stereocenters. The molecule has 56 valence electrons. The van der Waals surface area contributed by atoms with Gasteiger partial charge in [-0.05, 0) is 18.8 Å². The van der Waals surface area contributed by atoms with Crippen LogP contribution in [-0.4, -0.2) is 28.6 Å². The molecule has 0 saturated heterocycles. The van der Waals surface area contributed by atoms with Crippen LogP contribution < -0.4 is 0 Å². The molecule has 0 aliphatic carbocycles. The second kappa shape index (κ2) is 5.81. The highest BCUT2D eigenvalue weighted by molar-refractivity contribution is 8.17. The molecule has 0 amide bonds. The van der Waals surface area contributed by atoms with Crippen molar-refractivity contribution < 1.29 is 0 Å². The second-order valence-electron chi connectivity index (χ2n) is 1.78. The lowest BCUT2D eigenvalue weighted by Gasteiger charge is -2.16. The van der Waals surface area contributed by atoms with Crippen LogP contribution in [0, 0.1) is 0 Å². The lowest BCUT2D eigenvalue weighted by atomic mass is 10.5. The zero-order valence-electron chi connectivity index (χ0n) is 6.38. The van der Waals surface area contributed by atoms with Crippen molar-refractivity contribution in [3.8, 4) is 0 Å². The largest absolute Gasteiger partial charge is 0.160 e. The molecule has 0 radical (unpaired) electrons. The summed E-state index contributed by atoms with van der Waals surface area (Å²) in [4.78, 5) is 0. The molecule has 9 heavy (non-hydrogen) atoms. The molecule has 0 aromatic carbocycles. The van der Waals surface area contributed by atoms with Crippen molar-refractivity contribution in [3.05, 3.63) is 0 Å². The molecule has 3 heteroatoms. The minimum absolute atomic E-state index is 0.764. The molecule has 0 N–H and O–H groups in total. The van der Waals surface area contributed by atoms with Gasteiger partial charge in [0.1, 0.15) is 0 Å². The van der Waals surface area contributed by atoms with E-state index < -0.39 is 0 Å². The molecular weight excluding hydrogens is 168 g/mol. The van der Waals surface area contributed by atoms with Crippen LogP contribution in [0.25, 0.3) is 0 Å². The van der Waals surface area contributed by atoms with E-state index in [-0.39, 0.29) is 0 Å². The van der Waals surface area contributed by atoms with Crippen molar-refractivity contribution >= 4 is 35.3 Å². The van der Waals surface area contributed by atoms with Gasteiger partial charge in [0.15, 0.2) is 0 Å². The second-order valence-corrected chi connectivity index (χ2v) is 5.25. The van der Waals surface area contributed by atoms with Gasteiger partial charge >= 0.3 is 0 Å². The Kier molecular flexibility index (Phi) is 6.48. The summed E-state index contributed by atoms with van der Waals surface area (Å²) in [5, 5.41) is 0.773. The van der Waals surface area contributed by atoms with E-state index in [9.17, 15) is 0 Å². The van der Waals surface area contributed by atoms with E-state index in [4.69, 9.17) is 0 Å². The highest BCUT2D eigenvalue weighted by atomic mass is 32.2. The minimum atomic E-state index is 0.764. The topological polar surface area (TPSA) is 0 Å². The third kappa shape index (κ3) is 3.68. The maximum Gasteiger partial charge on any atom is 0.0612 e. The van der Waals surface area contributed by atoms with E-state index in [1.54, 1.807) is 0 Å². The number of hydrogen-bond acceptors (Lipinski definition) is 3. The van der Waals surface area contributed by atoms with Crippen molar-refractivity contribution in [3.63, 3.8) is 0 Å². The van der Waals surface area contributed by atoms with Crippen LogP contribution in [0.15, 0.2) is 0 Å². The summed E-state index contributed by atoms with van der Waals surface area (Å²) in [5.74, 6) is 0. The summed E-state index contributed by atoms with van der Waals surface area (Å²) in [6, 6.07) is 0. The summed E-state index contributed by atoms with van der Waals surface area (Å²) in [7, 11) is 0. The molecule has 0 bridgehead atoms. The molecule has 0 aromatic rings. The van der Waals surface area contributed by atoms with Crippen LogP contribution in [0.2, 0.25) is 0 Å². The molecule has 0 aromatic heterocycles. The third-order valence-corrected chi connectivity index (χ3v) is 5.48. The molecule has 0 heterocycles. The van der Waals surface area contributed by atoms with E-state index in [0.717, 1.165) is 9.83 Å². The van der Waals surface area contributed by atoms with Crippen LogP contribution in [-0.2, 0) is 0 Å². The van der Waals surface area contributed by atoms with Gasteiger partial charge in [0.2, 0.25) is 0 Å². The van der Waals surface area contributed by atoms with Crippen LogP contribution in [0.4, 0.5) is 0 Å². The van der Waals surface area contributed by atoms with E-state index in [1.807, 2.05) is 35.3 Å². The van der Waals surface area contributed by atoms with Crippen molar-refractivity contribution in [1.29, 1.82) is 0 Å². The van der Waals surface area contributed by atoms with Gasteiger partial charge in [0.25, 0.3) is 0 Å². The average Bonchev–Trinajstić information content (AvgIpc) is 1.90. The van der Waals surface area contributed by atoms with E-state index in [0.29, 0.717) is 0 Å². The molecule has 0 aliphatic rings. The van der Waals surface area contributed by atoms with Gasteiger partial charge in [0, 0.05) is 5.25 Å². The highest BCUT2D eigenvalue weighted by Gasteiger charge is 2.12. The molecular formula is C6H14S3. The van der Waals surface area contributed by atoms with Gasteiger partial charge in [-0.15, -0.1) is 23.5 Å². The Morgan fingerprint density at radius 1 is 0.889 bits per heavy atom. The Balaban J connectivity index is 3.50. The van der Waals surface area contributed by atoms with Crippen LogP contribution in [0.3, 0.4) is 0 Å². The zero-order chi connectivity index (χ0) is 7.28. The monoisotopic (exact) mass is 182 g/mol. The first-order chi connectivity index (χ1) is 4.26. The predicted molar refractivity (Wildman–Crippen MR) is 53.8 cm³/mol. The molecule has 0 rings (SSSR count). The average molecular weight is 182 g/mol. The summed E-state index contributed by atoms with van der Waals surface area (Å²) in [5.41, 5.74) is 0. The summed E-state index contributed by atoms with van der Waals surface area (Å²) in [6.07, 6.45) is 6.52. The number of rotatable bonds is 4. The van der Waals surface area contributed by atoms with Crippen LogP contribution >= 0.6 is 35.3 Å². The molecule has 0 saturated carbocycles. The quantitative estimate of drug-likeness (QED) is 0.614. The standard InChI is InChI=1S/C6H14S3/c1-5(7-2)6(8-3)9-4/h5-6H,1-4H3. The first-order valence-corrected chi connectivity index (χ1v) is 6.71. The van der Waals surface area contributed by atoms with Crippen molar-refractivity contribution in [2.45, 2.75) is 16.8 Å². The fourth-order valence-electron chi connectivity index (χ4n) is 0.591. The fraction of sp³-hybridized carbons (Fsp3) is 1.00. The first kappa shape index (κ1) is 10.0. The Hall–Kier alpha value is 1.05. The Labute approximate surface area is 70.9 Å². The molecule has 1 unspecified atom stereocenters. The SMILES string of the molecule is CSC(C)C(SC)SC. The maximum absolute atomic E-state index is 2.28. The molecule has 0 spiro atoms. The van der Waals surface area contributed by atoms with Crippen LogP contribution in [0.1, 0.15) is 6.92 Å². The number of hydrogen-bond donors (Lipinski definition) is 0. The molecule has 0 aliphatic heterocycles. The van der Waals surface area contributed by atoms with Crippen LogP contribution in [0.5, 0.6) is 0 Å². The Morgan fingerprint density at radius 2 is 1.33 bits per heavy atom. The lowest BCUT2D eigenvalue weighted by Crippen LogP contribution is -2.10. The molecule has 0 fully saturated rings. The normalized spacial score (nSPS) is 14.3. The molecule has 0 nitrogen and oxygen atoms in total. The Morgan fingerprint density at radius 3 is 1.44 bits per heavy atom. The minimum Gasteiger partial charge on any atom is -0.160 e. The van der Waals surface area contributed by atoms with Gasteiger partial charge in [-0.3, -0.25) is 0 Å².